The van der Waals surface area contributed by atoms with E-state index in [0.29, 0.717) is 17.9 Å². The van der Waals surface area contributed by atoms with E-state index in [0.717, 1.165) is 44.2 Å². The Kier molecular flexibility index (Phi) is 6.65. The van der Waals surface area contributed by atoms with Gasteiger partial charge in [-0.05, 0) is 76.0 Å². The van der Waals surface area contributed by atoms with Crippen LogP contribution in [-0.4, -0.2) is 18.9 Å². The predicted molar refractivity (Wildman–Crippen MR) is 98.7 cm³/mol. The third kappa shape index (κ3) is 5.93. The van der Waals surface area contributed by atoms with E-state index >= 15 is 0 Å². The molecule has 1 aromatic rings. The minimum Gasteiger partial charge on any atom is -0.228 e. The van der Waals surface area contributed by atoms with Crippen LogP contribution in [-0.2, 0) is 22.4 Å². The summed E-state index contributed by atoms with van der Waals surface area (Å²) >= 11 is 0. The highest BCUT2D eigenvalue weighted by molar-refractivity contribution is 7.92. The van der Waals surface area contributed by atoms with Gasteiger partial charge < -0.3 is 0 Å². The summed E-state index contributed by atoms with van der Waals surface area (Å²) in [7, 11) is -3.14. The summed E-state index contributed by atoms with van der Waals surface area (Å²) in [6.45, 7) is 5.14. The van der Waals surface area contributed by atoms with E-state index in [4.69, 9.17) is 0 Å². The molecule has 2 nitrogen and oxygen atoms in total. The van der Waals surface area contributed by atoms with Crippen LogP contribution in [0.2, 0.25) is 0 Å². The number of hydrogen-bond donors (Lipinski definition) is 0. The van der Waals surface area contributed by atoms with Crippen LogP contribution in [0.25, 0.3) is 0 Å². The lowest BCUT2D eigenvalue weighted by atomic mass is 9.80. The molecule has 0 N–H and O–H groups in total. The van der Waals surface area contributed by atoms with Crippen LogP contribution in [0, 0.1) is 17.7 Å². The topological polar surface area (TPSA) is 34.1 Å². The maximum atomic E-state index is 13.4. The van der Waals surface area contributed by atoms with Crippen molar-refractivity contribution in [1.29, 1.82) is 0 Å². The van der Waals surface area contributed by atoms with Crippen LogP contribution in [0.4, 0.5) is 17.6 Å². The van der Waals surface area contributed by atoms with E-state index in [-0.39, 0.29) is 11.7 Å². The fourth-order valence-electron chi connectivity index (χ4n) is 3.56. The van der Waals surface area contributed by atoms with E-state index in [1.807, 2.05) is 0 Å². The minimum absolute atomic E-state index is 0.160. The first-order chi connectivity index (χ1) is 12.3. The lowest BCUT2D eigenvalue weighted by Gasteiger charge is -2.30. The Labute approximate surface area is 159 Å². The van der Waals surface area contributed by atoms with E-state index in [2.05, 4.69) is 0 Å². The Balaban J connectivity index is 1.87. The van der Waals surface area contributed by atoms with Crippen molar-refractivity contribution in [1.82, 2.24) is 0 Å². The fourth-order valence-corrected chi connectivity index (χ4v) is 5.02. The molecule has 0 amide bonds. The number of sulfone groups is 1. The number of hydrogen-bond acceptors (Lipinski definition) is 2. The first kappa shape index (κ1) is 22.2. The molecular weight excluding hydrogens is 380 g/mol. The van der Waals surface area contributed by atoms with Gasteiger partial charge in [0, 0.05) is 0 Å². The van der Waals surface area contributed by atoms with Crippen molar-refractivity contribution in [2.45, 2.75) is 70.2 Å². The van der Waals surface area contributed by atoms with Crippen LogP contribution in [0.5, 0.6) is 0 Å². The molecule has 0 heterocycles. The monoisotopic (exact) mass is 408 g/mol. The zero-order valence-corrected chi connectivity index (χ0v) is 16.9. The number of aryl methyl sites for hydroxylation is 1. The Bertz CT molecular complexity index is 740. The quantitative estimate of drug-likeness (QED) is 0.577. The number of benzene rings is 1. The molecule has 7 heteroatoms. The lowest BCUT2D eigenvalue weighted by Crippen LogP contribution is -2.34. The van der Waals surface area contributed by atoms with Gasteiger partial charge in [0.05, 0.1) is 16.1 Å². The van der Waals surface area contributed by atoms with Crippen LogP contribution in [0.3, 0.4) is 0 Å². The predicted octanol–water partition coefficient (Wildman–Crippen LogP) is 5.80. The van der Waals surface area contributed by atoms with Gasteiger partial charge in [0.15, 0.2) is 9.84 Å². The normalized spacial score (nSPS) is 22.0. The minimum atomic E-state index is -4.68. The first-order valence-electron chi connectivity index (χ1n) is 9.37. The Morgan fingerprint density at radius 1 is 1.00 bits per heavy atom. The van der Waals surface area contributed by atoms with Crippen LogP contribution >= 0.6 is 0 Å². The van der Waals surface area contributed by atoms with Crippen LogP contribution < -0.4 is 0 Å². The second-order valence-corrected chi connectivity index (χ2v) is 11.4. The molecule has 0 atom stereocenters. The first-order valence-corrected chi connectivity index (χ1v) is 11.0. The van der Waals surface area contributed by atoms with Gasteiger partial charge in [-0.15, -0.1) is 0 Å². The molecule has 0 radical (unpaired) electrons. The van der Waals surface area contributed by atoms with E-state index < -0.39 is 32.1 Å². The van der Waals surface area contributed by atoms with Gasteiger partial charge in [0.2, 0.25) is 0 Å². The highest BCUT2D eigenvalue weighted by Crippen LogP contribution is 2.35. The molecule has 1 aliphatic carbocycles. The zero-order valence-electron chi connectivity index (χ0n) is 16.1. The molecular formula is C20H28F4O2S. The molecule has 1 aromatic carbocycles. The molecule has 1 fully saturated rings. The Morgan fingerprint density at radius 3 is 2.07 bits per heavy atom. The second-order valence-electron chi connectivity index (χ2n) is 8.63. The highest BCUT2D eigenvalue weighted by atomic mass is 32.2. The van der Waals surface area contributed by atoms with Gasteiger partial charge in [0.1, 0.15) is 5.82 Å². The van der Waals surface area contributed by atoms with E-state index in [1.54, 1.807) is 20.8 Å². The maximum Gasteiger partial charge on any atom is 0.419 e. The van der Waals surface area contributed by atoms with Gasteiger partial charge >= 0.3 is 6.18 Å². The molecule has 0 aromatic heterocycles. The number of halogens is 4. The fraction of sp³-hybridized carbons (Fsp3) is 0.700. The van der Waals surface area contributed by atoms with Crippen molar-refractivity contribution < 1.29 is 26.0 Å². The summed E-state index contributed by atoms with van der Waals surface area (Å²) < 4.78 is 75.7. The molecule has 0 unspecified atom stereocenters. The van der Waals surface area contributed by atoms with Gasteiger partial charge in [-0.1, -0.05) is 18.9 Å². The molecule has 0 bridgehead atoms. The van der Waals surface area contributed by atoms with Crippen molar-refractivity contribution >= 4 is 9.84 Å². The zero-order chi connectivity index (χ0) is 20.5. The van der Waals surface area contributed by atoms with Crippen LogP contribution in [0.1, 0.15) is 64.0 Å². The molecule has 154 valence electrons. The summed E-state index contributed by atoms with van der Waals surface area (Å²) in [6, 6.07) is 3.19. The molecule has 0 spiro atoms. The summed E-state index contributed by atoms with van der Waals surface area (Å²) in [5.74, 6) is -0.506. The van der Waals surface area contributed by atoms with Crippen molar-refractivity contribution in [2.75, 3.05) is 5.75 Å². The van der Waals surface area contributed by atoms with Gasteiger partial charge in [0.25, 0.3) is 0 Å². The molecule has 0 aliphatic heterocycles. The average molecular weight is 409 g/mol. The molecule has 1 saturated carbocycles. The smallest absolute Gasteiger partial charge is 0.228 e. The van der Waals surface area contributed by atoms with Crippen molar-refractivity contribution in [3.8, 4) is 0 Å². The third-order valence-corrected chi connectivity index (χ3v) is 8.31. The standard InChI is InChI=1S/C20H28F4O2S/c1-19(2,3)27(25,26)13-16-8-5-14(6-9-16)4-7-15-10-11-18(21)17(12-15)20(22,23)24/h10-12,14,16H,4-9,13H2,1-3H3. The van der Waals surface area contributed by atoms with Gasteiger partial charge in [-0.3, -0.25) is 0 Å². The van der Waals surface area contributed by atoms with Gasteiger partial charge in [-0.2, -0.15) is 13.2 Å². The van der Waals surface area contributed by atoms with E-state index in [9.17, 15) is 26.0 Å². The summed E-state index contributed by atoms with van der Waals surface area (Å²) in [5, 5.41) is 0. The highest BCUT2D eigenvalue weighted by Gasteiger charge is 2.35. The third-order valence-electron chi connectivity index (χ3n) is 5.53. The Morgan fingerprint density at radius 2 is 1.56 bits per heavy atom. The molecule has 0 saturated heterocycles. The molecule has 1 aliphatic rings. The van der Waals surface area contributed by atoms with Crippen molar-refractivity contribution in [3.63, 3.8) is 0 Å². The number of alkyl halides is 3. The SMILES string of the molecule is CC(C)(C)S(=O)(=O)CC1CCC(CCc2ccc(F)c(C(F)(F)F)c2)CC1. The number of rotatable bonds is 5. The molecule has 27 heavy (non-hydrogen) atoms. The van der Waals surface area contributed by atoms with Gasteiger partial charge in [-0.25, -0.2) is 12.8 Å². The average Bonchev–Trinajstić information content (AvgIpc) is 2.53. The Hall–Kier alpha value is -1.11. The van der Waals surface area contributed by atoms with Crippen LogP contribution in [0.15, 0.2) is 18.2 Å². The summed E-state index contributed by atoms with van der Waals surface area (Å²) in [6.07, 6.45) is -0.0406. The summed E-state index contributed by atoms with van der Waals surface area (Å²) in [5.41, 5.74) is -0.725. The lowest BCUT2D eigenvalue weighted by molar-refractivity contribution is -0.140. The van der Waals surface area contributed by atoms with Crippen molar-refractivity contribution in [3.05, 3.63) is 35.1 Å². The maximum absolute atomic E-state index is 13.4. The van der Waals surface area contributed by atoms with Crippen molar-refractivity contribution in [2.24, 2.45) is 11.8 Å². The molecule has 2 rings (SSSR count). The largest absolute Gasteiger partial charge is 0.419 e. The van der Waals surface area contributed by atoms with E-state index in [1.165, 1.54) is 6.07 Å². The second kappa shape index (κ2) is 8.10. The summed E-state index contributed by atoms with van der Waals surface area (Å²) in [4.78, 5) is 0.